The minimum absolute atomic E-state index is 0.485. The summed E-state index contributed by atoms with van der Waals surface area (Å²) in [5.74, 6) is 0.485. The van der Waals surface area contributed by atoms with Gasteiger partial charge in [-0.05, 0) is 35.4 Å². The fraction of sp³-hybridized carbons (Fsp3) is 0. The van der Waals surface area contributed by atoms with Gasteiger partial charge in [0.25, 0.3) is 0 Å². The second-order valence-electron chi connectivity index (χ2n) is 4.84. The summed E-state index contributed by atoms with van der Waals surface area (Å²) in [4.78, 5) is 0. The zero-order valence-corrected chi connectivity index (χ0v) is 12.3. The highest BCUT2D eigenvalue weighted by atomic mass is 15.0. The van der Waals surface area contributed by atoms with Crippen molar-refractivity contribution >= 4 is 17.1 Å². The van der Waals surface area contributed by atoms with Crippen LogP contribution in [0.15, 0.2) is 79.1 Å². The molecule has 0 atom stereocenters. The van der Waals surface area contributed by atoms with Crippen molar-refractivity contribution in [1.29, 1.82) is 0 Å². The zero-order valence-electron chi connectivity index (χ0n) is 12.3. The first-order chi connectivity index (χ1) is 10.6. The Bertz CT molecular complexity index is 715. The van der Waals surface area contributed by atoms with Gasteiger partial charge in [0.1, 0.15) is 5.82 Å². The lowest BCUT2D eigenvalue weighted by Gasteiger charge is -2.08. The Morgan fingerprint density at radius 1 is 0.864 bits per heavy atom. The summed E-state index contributed by atoms with van der Waals surface area (Å²) < 4.78 is 0. The molecule has 0 aliphatic heterocycles. The Balaban J connectivity index is 2.10. The van der Waals surface area contributed by atoms with Gasteiger partial charge in [-0.3, -0.25) is 0 Å². The minimum atomic E-state index is 0.485. The maximum atomic E-state index is 6.01. The van der Waals surface area contributed by atoms with Gasteiger partial charge in [0.05, 0.1) is 0 Å². The van der Waals surface area contributed by atoms with Crippen LogP contribution >= 0.6 is 0 Å². The minimum Gasteiger partial charge on any atom is -0.399 e. The van der Waals surface area contributed by atoms with Crippen LogP contribution in [0.25, 0.3) is 11.4 Å². The second kappa shape index (κ2) is 7.04. The lowest BCUT2D eigenvalue weighted by Crippen LogP contribution is -2.09. The van der Waals surface area contributed by atoms with Gasteiger partial charge in [0.15, 0.2) is 0 Å². The smallest absolute Gasteiger partial charge is 0.101 e. The molecule has 0 bridgehead atoms. The Morgan fingerprint density at radius 2 is 1.55 bits per heavy atom. The summed E-state index contributed by atoms with van der Waals surface area (Å²) in [7, 11) is 0. The molecule has 0 radical (unpaired) electrons. The lowest BCUT2D eigenvalue weighted by molar-refractivity contribution is 1.30. The van der Waals surface area contributed by atoms with Gasteiger partial charge < -0.3 is 22.5 Å². The number of hydrogen-bond donors (Lipinski definition) is 4. The molecule has 0 unspecified atom stereocenters. The van der Waals surface area contributed by atoms with Crippen molar-refractivity contribution in [3.8, 4) is 0 Å². The first kappa shape index (κ1) is 15.3. The summed E-state index contributed by atoms with van der Waals surface area (Å²) in [5, 5.41) is 3.09. The summed E-state index contributed by atoms with van der Waals surface area (Å²) in [6.45, 7) is 3.72. The average Bonchev–Trinajstić information content (AvgIpc) is 2.53. The van der Waals surface area contributed by atoms with Gasteiger partial charge in [-0.15, -0.1) is 0 Å². The zero-order chi connectivity index (χ0) is 15.9. The predicted octanol–water partition coefficient (Wildman–Crippen LogP) is 2.83. The van der Waals surface area contributed by atoms with E-state index in [0.717, 1.165) is 16.8 Å². The van der Waals surface area contributed by atoms with E-state index in [1.165, 1.54) is 0 Å². The van der Waals surface area contributed by atoms with Gasteiger partial charge in [0.2, 0.25) is 0 Å². The molecule has 2 rings (SSSR count). The third kappa shape index (κ3) is 4.18. The second-order valence-corrected chi connectivity index (χ2v) is 4.84. The first-order valence-corrected chi connectivity index (χ1v) is 6.86. The maximum Gasteiger partial charge on any atom is 0.101 e. The molecule has 0 aromatic heterocycles. The van der Waals surface area contributed by atoms with Crippen LogP contribution in [0.3, 0.4) is 0 Å². The molecule has 7 N–H and O–H groups in total. The van der Waals surface area contributed by atoms with Crippen molar-refractivity contribution in [3.05, 3.63) is 90.3 Å². The molecule has 0 saturated carbocycles. The van der Waals surface area contributed by atoms with Crippen LogP contribution in [0.1, 0.15) is 11.1 Å². The number of hydrogen-bond acceptors (Lipinski definition) is 4. The van der Waals surface area contributed by atoms with E-state index in [1.807, 2.05) is 54.6 Å². The number of rotatable bonds is 5. The van der Waals surface area contributed by atoms with Gasteiger partial charge in [-0.25, -0.2) is 0 Å². The highest BCUT2D eigenvalue weighted by molar-refractivity contribution is 5.66. The number of allylic oxidation sites excluding steroid dienone is 2. The van der Waals surface area contributed by atoms with Crippen molar-refractivity contribution in [2.75, 3.05) is 5.32 Å². The fourth-order valence-corrected chi connectivity index (χ4v) is 1.91. The molecule has 4 heteroatoms. The molecule has 4 nitrogen and oxygen atoms in total. The van der Waals surface area contributed by atoms with E-state index in [0.29, 0.717) is 17.2 Å². The Morgan fingerprint density at radius 3 is 2.23 bits per heavy atom. The highest BCUT2D eigenvalue weighted by Gasteiger charge is 1.98. The Kier molecular flexibility index (Phi) is 4.88. The molecular weight excluding hydrogens is 272 g/mol. The van der Waals surface area contributed by atoms with Crippen LogP contribution in [-0.2, 0) is 0 Å². The topological polar surface area (TPSA) is 90.1 Å². The van der Waals surface area contributed by atoms with Crippen LogP contribution in [0, 0.1) is 0 Å². The number of anilines is 1. The molecule has 22 heavy (non-hydrogen) atoms. The normalized spacial score (nSPS) is 12.0. The van der Waals surface area contributed by atoms with E-state index in [4.69, 9.17) is 17.2 Å². The monoisotopic (exact) mass is 292 g/mol. The van der Waals surface area contributed by atoms with Crippen LogP contribution in [-0.4, -0.2) is 0 Å². The van der Waals surface area contributed by atoms with E-state index in [2.05, 4.69) is 11.9 Å². The SMILES string of the molecule is C=C(N)c1cccc(N/C(N)=C/C=C(\N)c2ccccc2)c1. The van der Waals surface area contributed by atoms with Crippen LogP contribution in [0.4, 0.5) is 5.69 Å². The summed E-state index contributed by atoms with van der Waals surface area (Å²) in [5.41, 5.74) is 21.5. The van der Waals surface area contributed by atoms with Crippen molar-refractivity contribution < 1.29 is 0 Å². The quantitative estimate of drug-likeness (QED) is 0.638. The maximum absolute atomic E-state index is 6.01. The number of benzene rings is 2. The van der Waals surface area contributed by atoms with Gasteiger partial charge in [0, 0.05) is 17.1 Å². The highest BCUT2D eigenvalue weighted by Crippen LogP contribution is 2.15. The predicted molar refractivity (Wildman–Crippen MR) is 94.2 cm³/mol. The Labute approximate surface area is 130 Å². The number of nitrogens with two attached hydrogens (primary N) is 3. The van der Waals surface area contributed by atoms with Crippen molar-refractivity contribution in [3.63, 3.8) is 0 Å². The molecule has 0 amide bonds. The number of nitrogens with one attached hydrogen (secondary N) is 1. The van der Waals surface area contributed by atoms with Crippen molar-refractivity contribution in [1.82, 2.24) is 0 Å². The molecule has 0 aliphatic carbocycles. The third-order valence-electron chi connectivity index (χ3n) is 3.07. The van der Waals surface area contributed by atoms with E-state index < -0.39 is 0 Å². The van der Waals surface area contributed by atoms with Gasteiger partial charge in [-0.2, -0.15) is 0 Å². The molecule has 0 fully saturated rings. The van der Waals surface area contributed by atoms with Crippen LogP contribution in [0.2, 0.25) is 0 Å². The lowest BCUT2D eigenvalue weighted by atomic mass is 10.1. The molecule has 112 valence electrons. The molecule has 2 aromatic rings. The van der Waals surface area contributed by atoms with Crippen LogP contribution < -0.4 is 22.5 Å². The van der Waals surface area contributed by atoms with E-state index in [1.54, 1.807) is 12.2 Å². The van der Waals surface area contributed by atoms with Crippen molar-refractivity contribution in [2.24, 2.45) is 17.2 Å². The van der Waals surface area contributed by atoms with Gasteiger partial charge in [-0.1, -0.05) is 49.0 Å². The summed E-state index contributed by atoms with van der Waals surface area (Å²) in [6.07, 6.45) is 3.50. The van der Waals surface area contributed by atoms with E-state index >= 15 is 0 Å². The largest absolute Gasteiger partial charge is 0.399 e. The van der Waals surface area contributed by atoms with Gasteiger partial charge >= 0.3 is 0 Å². The summed E-state index contributed by atoms with van der Waals surface area (Å²) in [6, 6.07) is 17.3. The van der Waals surface area contributed by atoms with E-state index in [-0.39, 0.29) is 0 Å². The molecule has 0 spiro atoms. The summed E-state index contributed by atoms with van der Waals surface area (Å²) >= 11 is 0. The first-order valence-electron chi connectivity index (χ1n) is 6.86. The standard InChI is InChI=1S/C18H20N4/c1-13(19)15-8-5-9-16(12-15)22-18(21)11-10-17(20)14-6-3-2-4-7-14/h2-12,22H,1,19-21H2/b17-10-,18-11+. The molecular formula is C18H20N4. The molecule has 2 aromatic carbocycles. The van der Waals surface area contributed by atoms with E-state index in [9.17, 15) is 0 Å². The average molecular weight is 292 g/mol. The fourth-order valence-electron chi connectivity index (χ4n) is 1.91. The molecule has 0 aliphatic rings. The van der Waals surface area contributed by atoms with Crippen LogP contribution in [0.5, 0.6) is 0 Å². The Hall–Kier alpha value is -3.14. The molecule has 0 saturated heterocycles. The molecule has 0 heterocycles. The van der Waals surface area contributed by atoms with Crippen molar-refractivity contribution in [2.45, 2.75) is 0 Å². The third-order valence-corrected chi connectivity index (χ3v) is 3.07.